The number of methoxy groups -OCH3 is 2. The number of hydrogen-bond acceptors (Lipinski definition) is 14. The van der Waals surface area contributed by atoms with Crippen LogP contribution in [0.3, 0.4) is 0 Å². The van der Waals surface area contributed by atoms with Crippen LogP contribution < -0.4 is 0 Å². The van der Waals surface area contributed by atoms with Crippen molar-refractivity contribution in [3.05, 3.63) is 47.1 Å². The smallest absolute Gasteiger partial charge is 0.293 e. The van der Waals surface area contributed by atoms with Gasteiger partial charge in [-0.2, -0.15) is 0 Å². The highest BCUT2D eigenvalue weighted by Crippen LogP contribution is 2.45. The minimum atomic E-state index is -1.28. The minimum absolute atomic E-state index is 0. The fraction of sp³-hybridized carbons (Fsp3) is 0.827. The molecule has 0 bridgehead atoms. The Morgan fingerprint density at radius 3 is 2.33 bits per heavy atom. The standard InChI is InChI=1S/C48H76O14.2C2H6.H2/c1-11-27(2)44-31(6)17-19-47(62-44)24-36(56-26-49)21-35(61-47)16-15-30(5)43(29(4)13-12-14-34-25-55-46-41(50)28(3)18-20-48(34,46)52)59-40-23-38(54-10)45(33(8)58-40)60-39-22-37(53-9)42(51)32(7)57-39;2*1-2;/h12-15,18,26-27,29,31-33,35-46,50-52H,11,16-17,19-25H2,1-10H3;2*1-2H3;1H/b13-12+,30-15+,34-14+;;;/t27-,29-,31-,32-,33-,35+,36-,37?,38-,39-,40-,41+,42-,43-,44?,45-,46+,47+,48?;;;/m0.../s1. The first kappa shape index (κ1) is 56.5. The third-order valence-corrected chi connectivity index (χ3v) is 14.6. The highest BCUT2D eigenvalue weighted by molar-refractivity contribution is 5.37. The lowest BCUT2D eigenvalue weighted by Gasteiger charge is -2.50. The Kier molecular flexibility index (Phi) is 22.5. The monoisotopic (exact) mass is 939 g/mol. The highest BCUT2D eigenvalue weighted by atomic mass is 16.7. The highest BCUT2D eigenvalue weighted by Gasteiger charge is 2.52. The van der Waals surface area contributed by atoms with Crippen molar-refractivity contribution in [1.29, 1.82) is 0 Å². The molecule has 0 aromatic heterocycles. The van der Waals surface area contributed by atoms with Gasteiger partial charge in [0, 0.05) is 60.1 Å². The summed E-state index contributed by atoms with van der Waals surface area (Å²) in [5.74, 6) is -0.212. The quantitative estimate of drug-likeness (QED) is 0.0998. The zero-order valence-electron chi connectivity index (χ0n) is 42.7. The summed E-state index contributed by atoms with van der Waals surface area (Å²) < 4.78 is 62.7. The van der Waals surface area contributed by atoms with Crippen molar-refractivity contribution < 1.29 is 68.9 Å². The minimum Gasteiger partial charge on any atom is -0.464 e. The first-order valence-corrected chi connectivity index (χ1v) is 25.1. The Morgan fingerprint density at radius 1 is 0.985 bits per heavy atom. The van der Waals surface area contributed by atoms with E-state index >= 15 is 0 Å². The van der Waals surface area contributed by atoms with Gasteiger partial charge in [-0.3, -0.25) is 4.79 Å². The molecule has 66 heavy (non-hydrogen) atoms. The lowest BCUT2D eigenvalue weighted by atomic mass is 9.78. The van der Waals surface area contributed by atoms with E-state index in [1.165, 1.54) is 0 Å². The van der Waals surface area contributed by atoms with Crippen LogP contribution in [0.1, 0.15) is 142 Å². The molecule has 6 rings (SSSR count). The van der Waals surface area contributed by atoms with Crippen molar-refractivity contribution in [1.82, 2.24) is 0 Å². The van der Waals surface area contributed by atoms with E-state index in [4.69, 9.17) is 47.4 Å². The van der Waals surface area contributed by atoms with E-state index in [1.54, 1.807) is 21.1 Å². The van der Waals surface area contributed by atoms with Crippen LogP contribution in [0.4, 0.5) is 0 Å². The van der Waals surface area contributed by atoms with E-state index in [9.17, 15) is 20.1 Å². The number of carbonyl (C=O) groups is 1. The van der Waals surface area contributed by atoms with Crippen molar-refractivity contribution >= 4 is 6.47 Å². The third kappa shape index (κ3) is 13.6. The van der Waals surface area contributed by atoms with Gasteiger partial charge in [-0.1, -0.05) is 92.2 Å². The van der Waals surface area contributed by atoms with Gasteiger partial charge >= 0.3 is 0 Å². The molecular formula is C52H90O14. The summed E-state index contributed by atoms with van der Waals surface area (Å²) in [6.07, 6.45) is 8.63. The average molecular weight is 939 g/mol. The summed E-state index contributed by atoms with van der Waals surface area (Å²) in [4.78, 5) is 11.6. The first-order valence-electron chi connectivity index (χ1n) is 25.1. The summed E-state index contributed by atoms with van der Waals surface area (Å²) >= 11 is 0. The molecule has 0 aromatic rings. The molecule has 14 nitrogen and oxygen atoms in total. The van der Waals surface area contributed by atoms with Crippen LogP contribution in [0.15, 0.2) is 47.1 Å². The predicted molar refractivity (Wildman–Crippen MR) is 254 cm³/mol. The van der Waals surface area contributed by atoms with Gasteiger partial charge in [-0.15, -0.1) is 0 Å². The SMILES string of the molecule is CC.CC.CC[C@H](C)C1O[C@]2(CC[C@@H]1C)C[C@@H](OC=O)C[C@@H](C/C=C(\C)[C@@H](O[C@H]1C[C@H](OC)[C@@H](O[C@H]3CC(OC)[C@@H](O)[C@H](C)O3)[C@H](C)O1)[C@@H](C)/C=C/C=C1\CO[C@@H]3[C@H](O)C(C)=CCC13O)O2.[HH]. The van der Waals surface area contributed by atoms with Crippen LogP contribution in [0.25, 0.3) is 0 Å². The summed E-state index contributed by atoms with van der Waals surface area (Å²) in [5, 5.41) is 32.9. The number of rotatable bonds is 16. The molecule has 1 aliphatic carbocycles. The molecular weight excluding hydrogens is 849 g/mol. The van der Waals surface area contributed by atoms with E-state index in [0.29, 0.717) is 62.4 Å². The molecule has 14 heteroatoms. The van der Waals surface area contributed by atoms with E-state index in [0.717, 1.165) is 30.4 Å². The molecule has 5 saturated heterocycles. The van der Waals surface area contributed by atoms with Crippen LogP contribution >= 0.6 is 0 Å². The van der Waals surface area contributed by atoms with Crippen molar-refractivity contribution in [2.24, 2.45) is 17.8 Å². The Labute approximate surface area is 398 Å². The number of hydrogen-bond donors (Lipinski definition) is 3. The van der Waals surface area contributed by atoms with Gasteiger partial charge < -0.3 is 62.7 Å². The van der Waals surface area contributed by atoms with Crippen LogP contribution in [0, 0.1) is 17.8 Å². The van der Waals surface area contributed by atoms with Crippen LogP contribution in [-0.2, 0) is 52.2 Å². The average Bonchev–Trinajstić information content (AvgIpc) is 3.65. The Balaban J connectivity index is 0.00000232. The van der Waals surface area contributed by atoms with Gasteiger partial charge in [0.2, 0.25) is 0 Å². The fourth-order valence-electron chi connectivity index (χ4n) is 10.4. The van der Waals surface area contributed by atoms with Gasteiger partial charge in [0.05, 0.1) is 49.3 Å². The van der Waals surface area contributed by atoms with Gasteiger partial charge in [0.25, 0.3) is 6.47 Å². The maximum absolute atomic E-state index is 11.6. The number of allylic oxidation sites excluding steroid dienone is 2. The number of fused-ring (bicyclic) bond motifs is 1. The summed E-state index contributed by atoms with van der Waals surface area (Å²) in [6, 6.07) is 0. The topological polar surface area (TPSA) is 170 Å². The molecule has 0 amide bonds. The van der Waals surface area contributed by atoms with Crippen molar-refractivity contribution in [3.8, 4) is 0 Å². The first-order chi connectivity index (χ1) is 31.5. The van der Waals surface area contributed by atoms with Crippen molar-refractivity contribution in [3.63, 3.8) is 0 Å². The Bertz CT molecular complexity index is 1600. The number of aliphatic hydroxyl groups excluding tert-OH is 2. The number of carbonyl (C=O) groups excluding carboxylic acids is 1. The second-order valence-electron chi connectivity index (χ2n) is 19.0. The van der Waals surface area contributed by atoms with Gasteiger partial charge in [0.1, 0.15) is 36.1 Å². The normalized spacial score (nSPS) is 41.4. The van der Waals surface area contributed by atoms with E-state index in [1.807, 2.05) is 72.8 Å². The predicted octanol–water partition coefficient (Wildman–Crippen LogP) is 8.29. The molecule has 3 N–H and O–H groups in total. The Hall–Kier alpha value is -2.05. The van der Waals surface area contributed by atoms with E-state index in [2.05, 4.69) is 33.8 Å². The molecule has 5 aliphatic heterocycles. The molecule has 0 saturated carbocycles. The molecule has 382 valence electrons. The molecule has 3 unspecified atom stereocenters. The largest absolute Gasteiger partial charge is 0.464 e. The fourth-order valence-corrected chi connectivity index (χ4v) is 10.4. The summed E-state index contributed by atoms with van der Waals surface area (Å²) in [5.41, 5.74) is 1.21. The van der Waals surface area contributed by atoms with Gasteiger partial charge in [-0.05, 0) is 69.1 Å². The van der Waals surface area contributed by atoms with Crippen LogP contribution in [0.5, 0.6) is 0 Å². The second kappa shape index (κ2) is 26.2. The maximum Gasteiger partial charge on any atom is 0.293 e. The number of ether oxygens (including phenoxy) is 10. The molecule has 0 aromatic carbocycles. The Morgan fingerprint density at radius 2 is 1.67 bits per heavy atom. The zero-order valence-corrected chi connectivity index (χ0v) is 42.7. The molecule has 0 radical (unpaired) electrons. The van der Waals surface area contributed by atoms with E-state index < -0.39 is 72.8 Å². The van der Waals surface area contributed by atoms with Crippen LogP contribution in [0.2, 0.25) is 0 Å². The molecule has 1 spiro atoms. The summed E-state index contributed by atoms with van der Waals surface area (Å²) in [7, 11) is 3.22. The molecule has 19 atom stereocenters. The van der Waals surface area contributed by atoms with Crippen LogP contribution in [-0.4, -0.2) is 140 Å². The maximum atomic E-state index is 11.6. The van der Waals surface area contributed by atoms with Crippen molar-refractivity contribution in [2.75, 3.05) is 20.8 Å². The lowest BCUT2D eigenvalue weighted by Crippen LogP contribution is -2.55. The lowest BCUT2D eigenvalue weighted by molar-refractivity contribution is -0.340. The molecule has 5 fully saturated rings. The van der Waals surface area contributed by atoms with E-state index in [-0.39, 0.29) is 38.4 Å². The van der Waals surface area contributed by atoms with Crippen molar-refractivity contribution in [2.45, 2.75) is 238 Å². The second-order valence-corrected chi connectivity index (χ2v) is 19.0. The zero-order chi connectivity index (χ0) is 48.9. The summed E-state index contributed by atoms with van der Waals surface area (Å²) in [6.45, 7) is 25.1. The van der Waals surface area contributed by atoms with Gasteiger partial charge in [-0.25, -0.2) is 0 Å². The van der Waals surface area contributed by atoms with Gasteiger partial charge in [0.15, 0.2) is 18.4 Å². The molecule has 6 aliphatic rings. The number of aliphatic hydroxyl groups is 3. The molecule has 5 heterocycles. The third-order valence-electron chi connectivity index (χ3n) is 14.6.